The molecule has 0 spiro atoms. The highest BCUT2D eigenvalue weighted by Crippen LogP contribution is 2.31. The van der Waals surface area contributed by atoms with Crippen LogP contribution in [-0.2, 0) is 20.2 Å². The largest absolute Gasteiger partial charge is 0.462 e. The third-order valence-electron chi connectivity index (χ3n) is 2.03. The van der Waals surface area contributed by atoms with E-state index in [2.05, 4.69) is 0 Å². The summed E-state index contributed by atoms with van der Waals surface area (Å²) in [6, 6.07) is 0. The van der Waals surface area contributed by atoms with Gasteiger partial charge in [0.2, 0.25) is 0 Å². The van der Waals surface area contributed by atoms with Gasteiger partial charge in [-0.1, -0.05) is 13.3 Å². The summed E-state index contributed by atoms with van der Waals surface area (Å²) in [6.07, 6.45) is 1.35. The van der Waals surface area contributed by atoms with Gasteiger partial charge in [0, 0.05) is 20.9 Å². The minimum absolute atomic E-state index is 0.0373. The van der Waals surface area contributed by atoms with Gasteiger partial charge in [-0.2, -0.15) is 0 Å². The van der Waals surface area contributed by atoms with Crippen molar-refractivity contribution in [3.05, 3.63) is 15.8 Å². The Morgan fingerprint density at radius 2 is 2.12 bits per heavy atom. The molecular weight excluding hydrogens is 284 g/mol. The first-order valence-corrected chi connectivity index (χ1v) is 8.32. The molecule has 96 valence electrons. The van der Waals surface area contributed by atoms with E-state index in [9.17, 15) is 13.2 Å². The number of aryl methyl sites for hydroxylation is 1. The van der Waals surface area contributed by atoms with E-state index in [0.29, 0.717) is 11.3 Å². The number of hydrogen-bond acceptors (Lipinski definition) is 5. The van der Waals surface area contributed by atoms with Gasteiger partial charge in [-0.3, -0.25) is 0 Å². The Balaban J connectivity index is 3.28. The molecule has 0 unspecified atom stereocenters. The van der Waals surface area contributed by atoms with Crippen LogP contribution >= 0.6 is 22.0 Å². The quantitative estimate of drug-likeness (QED) is 0.619. The Bertz CT molecular complexity index is 504. The number of esters is 1. The average Bonchev–Trinajstić information content (AvgIpc) is 2.62. The average molecular weight is 297 g/mol. The van der Waals surface area contributed by atoms with Crippen molar-refractivity contribution in [2.24, 2.45) is 0 Å². The number of ether oxygens (including phenoxy) is 1. The van der Waals surface area contributed by atoms with Crippen molar-refractivity contribution in [3.63, 3.8) is 0 Å². The number of thiophene rings is 1. The normalized spacial score (nSPS) is 11.5. The second-order valence-electron chi connectivity index (χ2n) is 3.31. The molecule has 0 atom stereocenters. The molecule has 7 heteroatoms. The maximum atomic E-state index is 11.6. The van der Waals surface area contributed by atoms with Crippen LogP contribution in [-0.4, -0.2) is 21.0 Å². The smallest absolute Gasteiger partial charge is 0.340 e. The molecule has 0 bridgehead atoms. The monoisotopic (exact) mass is 296 g/mol. The standard InChI is InChI=1S/C10H13ClO4S2/c1-3-5-8-9(17(11,13)14)7(6-16-8)10(12)15-4-2/h6H,3-5H2,1-2H3. The first kappa shape index (κ1) is 14.5. The Kier molecular flexibility index (Phi) is 4.97. The number of hydrogen-bond donors (Lipinski definition) is 0. The zero-order valence-electron chi connectivity index (χ0n) is 9.53. The van der Waals surface area contributed by atoms with Crippen LogP contribution in [0.2, 0.25) is 0 Å². The fraction of sp³-hybridized carbons (Fsp3) is 0.500. The lowest BCUT2D eigenvalue weighted by molar-refractivity contribution is 0.0522. The fourth-order valence-electron chi connectivity index (χ4n) is 1.40. The lowest BCUT2D eigenvalue weighted by atomic mass is 10.2. The summed E-state index contributed by atoms with van der Waals surface area (Å²) in [5, 5.41) is 1.48. The predicted molar refractivity (Wildman–Crippen MR) is 67.3 cm³/mol. The summed E-state index contributed by atoms with van der Waals surface area (Å²) in [4.78, 5) is 12.1. The van der Waals surface area contributed by atoms with Gasteiger partial charge in [-0.15, -0.1) is 11.3 Å². The molecule has 1 aromatic heterocycles. The van der Waals surface area contributed by atoms with Crippen LogP contribution in [0.25, 0.3) is 0 Å². The predicted octanol–water partition coefficient (Wildman–Crippen LogP) is 2.80. The van der Waals surface area contributed by atoms with E-state index in [-0.39, 0.29) is 17.1 Å². The molecule has 0 aliphatic rings. The summed E-state index contributed by atoms with van der Waals surface area (Å²) in [5.74, 6) is -0.648. The molecule has 4 nitrogen and oxygen atoms in total. The molecule has 0 radical (unpaired) electrons. The van der Waals surface area contributed by atoms with Crippen LogP contribution in [0.5, 0.6) is 0 Å². The van der Waals surface area contributed by atoms with Crippen LogP contribution < -0.4 is 0 Å². The maximum absolute atomic E-state index is 11.6. The summed E-state index contributed by atoms with van der Waals surface area (Å²) < 4.78 is 27.8. The first-order valence-electron chi connectivity index (χ1n) is 5.13. The first-order chi connectivity index (χ1) is 7.91. The van der Waals surface area contributed by atoms with Gasteiger partial charge in [-0.25, -0.2) is 13.2 Å². The third kappa shape index (κ3) is 3.43. The number of carbonyl (C=O) groups is 1. The lowest BCUT2D eigenvalue weighted by Gasteiger charge is -2.03. The molecule has 0 N–H and O–H groups in total. The van der Waals surface area contributed by atoms with Crippen molar-refractivity contribution < 1.29 is 17.9 Å². The van der Waals surface area contributed by atoms with Crippen molar-refractivity contribution in [1.82, 2.24) is 0 Å². The number of rotatable bonds is 5. The molecule has 17 heavy (non-hydrogen) atoms. The molecular formula is C10H13ClO4S2. The van der Waals surface area contributed by atoms with E-state index < -0.39 is 15.0 Å². The topological polar surface area (TPSA) is 60.4 Å². The van der Waals surface area contributed by atoms with Gasteiger partial charge in [-0.05, 0) is 13.3 Å². The highest BCUT2D eigenvalue weighted by atomic mass is 35.7. The van der Waals surface area contributed by atoms with E-state index in [1.54, 1.807) is 6.92 Å². The van der Waals surface area contributed by atoms with E-state index in [0.717, 1.165) is 6.42 Å². The van der Waals surface area contributed by atoms with Crippen molar-refractivity contribution in [2.45, 2.75) is 31.6 Å². The summed E-state index contributed by atoms with van der Waals surface area (Å²) >= 11 is 1.22. The maximum Gasteiger partial charge on any atom is 0.340 e. The highest BCUT2D eigenvalue weighted by Gasteiger charge is 2.27. The molecule has 0 saturated heterocycles. The third-order valence-corrected chi connectivity index (χ3v) is 4.63. The number of carbonyl (C=O) groups excluding carboxylic acids is 1. The van der Waals surface area contributed by atoms with Crippen LogP contribution in [0.4, 0.5) is 0 Å². The van der Waals surface area contributed by atoms with Gasteiger partial charge in [0.05, 0.1) is 12.2 Å². The van der Waals surface area contributed by atoms with E-state index in [1.807, 2.05) is 6.92 Å². The Hall–Kier alpha value is -0.590. The number of halogens is 1. The van der Waals surface area contributed by atoms with Gasteiger partial charge in [0.15, 0.2) is 0 Å². The zero-order chi connectivity index (χ0) is 13.1. The second-order valence-corrected chi connectivity index (χ2v) is 6.78. The molecule has 0 fully saturated rings. The van der Waals surface area contributed by atoms with Crippen LogP contribution in [0.1, 0.15) is 35.5 Å². The molecule has 1 heterocycles. The SMILES string of the molecule is CCCc1scc(C(=O)OCC)c1S(=O)(=O)Cl. The van der Waals surface area contributed by atoms with E-state index in [4.69, 9.17) is 15.4 Å². The highest BCUT2D eigenvalue weighted by molar-refractivity contribution is 8.14. The van der Waals surface area contributed by atoms with Crippen molar-refractivity contribution >= 4 is 37.0 Å². The minimum Gasteiger partial charge on any atom is -0.462 e. The minimum atomic E-state index is -3.92. The van der Waals surface area contributed by atoms with Gasteiger partial charge >= 0.3 is 5.97 Å². The van der Waals surface area contributed by atoms with Crippen molar-refractivity contribution in [1.29, 1.82) is 0 Å². The summed E-state index contributed by atoms with van der Waals surface area (Å²) in [5.41, 5.74) is 0.0373. The van der Waals surface area contributed by atoms with Crippen LogP contribution in [0.3, 0.4) is 0 Å². The molecule has 0 aliphatic heterocycles. The Labute approximate surface area is 109 Å². The van der Waals surface area contributed by atoms with Crippen LogP contribution in [0.15, 0.2) is 10.3 Å². The van der Waals surface area contributed by atoms with Gasteiger partial charge < -0.3 is 4.74 Å². The van der Waals surface area contributed by atoms with Crippen molar-refractivity contribution in [2.75, 3.05) is 6.61 Å². The Morgan fingerprint density at radius 3 is 2.59 bits per heavy atom. The molecule has 1 aromatic rings. The summed E-state index contributed by atoms with van der Waals surface area (Å²) in [7, 11) is 1.44. The van der Waals surface area contributed by atoms with Gasteiger partial charge in [0.1, 0.15) is 4.90 Å². The van der Waals surface area contributed by atoms with E-state index >= 15 is 0 Å². The zero-order valence-corrected chi connectivity index (χ0v) is 11.9. The van der Waals surface area contributed by atoms with Gasteiger partial charge in [0.25, 0.3) is 9.05 Å². The van der Waals surface area contributed by atoms with Crippen LogP contribution in [0, 0.1) is 0 Å². The lowest BCUT2D eigenvalue weighted by Crippen LogP contribution is -2.08. The fourth-order valence-corrected chi connectivity index (χ4v) is 4.41. The van der Waals surface area contributed by atoms with E-state index in [1.165, 1.54) is 16.7 Å². The molecule has 0 aliphatic carbocycles. The molecule has 1 rings (SSSR count). The molecule has 0 aromatic carbocycles. The molecule has 0 amide bonds. The summed E-state index contributed by atoms with van der Waals surface area (Å²) in [6.45, 7) is 3.78. The second kappa shape index (κ2) is 5.84. The van der Waals surface area contributed by atoms with Crippen molar-refractivity contribution in [3.8, 4) is 0 Å². The Morgan fingerprint density at radius 1 is 1.47 bits per heavy atom. The molecule has 0 saturated carbocycles.